The molecule has 2 unspecified atom stereocenters. The van der Waals surface area contributed by atoms with E-state index in [1.165, 1.54) is 19.4 Å². The van der Waals surface area contributed by atoms with Crippen LogP contribution in [0.2, 0.25) is 0 Å². The maximum atomic E-state index is 9.40. The Morgan fingerprint density at radius 3 is 2.65 bits per heavy atom. The number of likely N-dealkylation sites (N-methyl/N-ethyl adjacent to an activating group) is 1. The molecule has 4 nitrogen and oxygen atoms in total. The first kappa shape index (κ1) is 14.9. The Kier molecular flexibility index (Phi) is 6.41. The van der Waals surface area contributed by atoms with Crippen LogP contribution in [-0.4, -0.2) is 73.4 Å². The fourth-order valence-electron chi connectivity index (χ4n) is 2.68. The Hall–Kier alpha value is -0.160. The molecule has 1 heterocycles. The second-order valence-electron chi connectivity index (χ2n) is 5.75. The average molecular weight is 243 g/mol. The molecule has 0 aliphatic carbocycles. The van der Waals surface area contributed by atoms with Crippen LogP contribution < -0.4 is 5.32 Å². The molecule has 0 spiro atoms. The lowest BCUT2D eigenvalue weighted by atomic mass is 10.2. The van der Waals surface area contributed by atoms with Gasteiger partial charge in [0.15, 0.2) is 0 Å². The van der Waals surface area contributed by atoms with Crippen molar-refractivity contribution in [2.75, 3.05) is 40.3 Å². The number of hydrogen-bond acceptors (Lipinski definition) is 4. The van der Waals surface area contributed by atoms with Crippen LogP contribution >= 0.6 is 0 Å². The molecule has 0 saturated carbocycles. The van der Waals surface area contributed by atoms with Crippen LogP contribution in [-0.2, 0) is 0 Å². The van der Waals surface area contributed by atoms with E-state index in [9.17, 15) is 5.11 Å². The molecule has 4 heteroatoms. The Bertz CT molecular complexity index is 209. The number of likely N-dealkylation sites (tertiary alicyclic amines) is 1. The van der Waals surface area contributed by atoms with Crippen molar-refractivity contribution in [2.45, 2.75) is 44.8 Å². The van der Waals surface area contributed by atoms with E-state index in [1.54, 1.807) is 0 Å². The normalized spacial score (nSPS) is 23.8. The predicted octanol–water partition coefficient (Wildman–Crippen LogP) is 0.371. The van der Waals surface area contributed by atoms with Gasteiger partial charge in [-0.1, -0.05) is 13.8 Å². The van der Waals surface area contributed by atoms with E-state index in [-0.39, 0.29) is 12.6 Å². The zero-order valence-electron chi connectivity index (χ0n) is 11.8. The van der Waals surface area contributed by atoms with Gasteiger partial charge in [-0.15, -0.1) is 0 Å². The van der Waals surface area contributed by atoms with Crippen molar-refractivity contribution >= 4 is 0 Å². The van der Waals surface area contributed by atoms with Crippen LogP contribution in [0.25, 0.3) is 0 Å². The van der Waals surface area contributed by atoms with Gasteiger partial charge < -0.3 is 15.3 Å². The molecule has 0 bridgehead atoms. The lowest BCUT2D eigenvalue weighted by Crippen LogP contribution is -2.49. The van der Waals surface area contributed by atoms with Crippen LogP contribution in [0.4, 0.5) is 0 Å². The van der Waals surface area contributed by atoms with Crippen molar-refractivity contribution in [3.05, 3.63) is 0 Å². The predicted molar refractivity (Wildman–Crippen MR) is 72.3 cm³/mol. The summed E-state index contributed by atoms with van der Waals surface area (Å²) in [6.45, 7) is 7.75. The minimum atomic E-state index is 0.206. The van der Waals surface area contributed by atoms with Gasteiger partial charge in [0.1, 0.15) is 0 Å². The highest BCUT2D eigenvalue weighted by Gasteiger charge is 2.26. The first-order valence-electron chi connectivity index (χ1n) is 6.78. The lowest BCUT2D eigenvalue weighted by molar-refractivity contribution is 0.152. The maximum absolute atomic E-state index is 9.40. The second kappa shape index (κ2) is 7.31. The number of nitrogens with one attached hydrogen (secondary N) is 1. The SMILES string of the molecule is CC(C)NC(CO)CN1CCCC1CN(C)C. The minimum Gasteiger partial charge on any atom is -0.395 e. The molecule has 17 heavy (non-hydrogen) atoms. The Morgan fingerprint density at radius 2 is 2.12 bits per heavy atom. The number of aliphatic hydroxyl groups is 1. The van der Waals surface area contributed by atoms with Gasteiger partial charge >= 0.3 is 0 Å². The van der Waals surface area contributed by atoms with Gasteiger partial charge in [-0.05, 0) is 33.5 Å². The molecule has 1 aliphatic rings. The smallest absolute Gasteiger partial charge is 0.0597 e. The summed E-state index contributed by atoms with van der Waals surface area (Å²) in [7, 11) is 4.26. The zero-order valence-corrected chi connectivity index (χ0v) is 11.8. The molecule has 102 valence electrons. The minimum absolute atomic E-state index is 0.206. The topological polar surface area (TPSA) is 38.7 Å². The molecular formula is C13H29N3O. The van der Waals surface area contributed by atoms with E-state index in [0.717, 1.165) is 13.1 Å². The van der Waals surface area contributed by atoms with E-state index >= 15 is 0 Å². The van der Waals surface area contributed by atoms with Crippen molar-refractivity contribution in [3.63, 3.8) is 0 Å². The number of nitrogens with zero attached hydrogens (tertiary/aromatic N) is 2. The van der Waals surface area contributed by atoms with E-state index < -0.39 is 0 Å². The third-order valence-corrected chi connectivity index (χ3v) is 3.32. The summed E-state index contributed by atoms with van der Waals surface area (Å²) in [5.41, 5.74) is 0. The Morgan fingerprint density at radius 1 is 1.41 bits per heavy atom. The number of aliphatic hydroxyl groups excluding tert-OH is 1. The third kappa shape index (κ3) is 5.34. The molecule has 0 aromatic heterocycles. The monoisotopic (exact) mass is 243 g/mol. The van der Waals surface area contributed by atoms with Gasteiger partial charge in [-0.2, -0.15) is 0 Å². The highest BCUT2D eigenvalue weighted by Crippen LogP contribution is 2.17. The van der Waals surface area contributed by atoms with Crippen LogP contribution in [0.1, 0.15) is 26.7 Å². The van der Waals surface area contributed by atoms with Crippen molar-refractivity contribution in [1.29, 1.82) is 0 Å². The summed E-state index contributed by atoms with van der Waals surface area (Å²) in [5, 5.41) is 12.8. The van der Waals surface area contributed by atoms with Gasteiger partial charge in [0.05, 0.1) is 6.61 Å². The standard InChI is InChI=1S/C13H29N3O/c1-11(2)14-12(10-17)8-16-7-5-6-13(16)9-15(3)4/h11-14,17H,5-10H2,1-4H3. The fourth-order valence-corrected chi connectivity index (χ4v) is 2.68. The van der Waals surface area contributed by atoms with Crippen LogP contribution in [0.5, 0.6) is 0 Å². The summed E-state index contributed by atoms with van der Waals surface area (Å²) >= 11 is 0. The van der Waals surface area contributed by atoms with E-state index in [1.807, 2.05) is 0 Å². The van der Waals surface area contributed by atoms with Crippen LogP contribution in [0.15, 0.2) is 0 Å². The summed E-state index contributed by atoms with van der Waals surface area (Å²) in [6.07, 6.45) is 2.58. The van der Waals surface area contributed by atoms with Crippen molar-refractivity contribution in [2.24, 2.45) is 0 Å². The number of hydrogen-bond donors (Lipinski definition) is 2. The molecule has 2 atom stereocenters. The first-order chi connectivity index (χ1) is 8.02. The van der Waals surface area contributed by atoms with Crippen molar-refractivity contribution in [3.8, 4) is 0 Å². The molecule has 2 N–H and O–H groups in total. The second-order valence-corrected chi connectivity index (χ2v) is 5.75. The van der Waals surface area contributed by atoms with Crippen LogP contribution in [0.3, 0.4) is 0 Å². The van der Waals surface area contributed by atoms with E-state index in [4.69, 9.17) is 0 Å². The molecule has 0 amide bonds. The molecule has 1 rings (SSSR count). The molecule has 0 radical (unpaired) electrons. The van der Waals surface area contributed by atoms with Crippen molar-refractivity contribution < 1.29 is 5.11 Å². The lowest BCUT2D eigenvalue weighted by Gasteiger charge is -2.31. The summed E-state index contributed by atoms with van der Waals surface area (Å²) in [4.78, 5) is 4.78. The molecule has 1 aliphatic heterocycles. The molecular weight excluding hydrogens is 214 g/mol. The van der Waals surface area contributed by atoms with E-state index in [2.05, 4.69) is 43.1 Å². The van der Waals surface area contributed by atoms with Gasteiger partial charge in [0.25, 0.3) is 0 Å². The quantitative estimate of drug-likeness (QED) is 0.678. The molecule has 0 aromatic carbocycles. The summed E-state index contributed by atoms with van der Waals surface area (Å²) in [6, 6.07) is 1.30. The van der Waals surface area contributed by atoms with Gasteiger partial charge in [-0.25, -0.2) is 0 Å². The maximum Gasteiger partial charge on any atom is 0.0597 e. The van der Waals surface area contributed by atoms with Gasteiger partial charge in [0.2, 0.25) is 0 Å². The summed E-state index contributed by atoms with van der Waals surface area (Å²) < 4.78 is 0. The van der Waals surface area contributed by atoms with Crippen LogP contribution in [0, 0.1) is 0 Å². The largest absolute Gasteiger partial charge is 0.395 e. The molecule has 1 fully saturated rings. The summed E-state index contributed by atoms with van der Waals surface area (Å²) in [5.74, 6) is 0. The number of rotatable bonds is 7. The fraction of sp³-hybridized carbons (Fsp3) is 1.00. The van der Waals surface area contributed by atoms with E-state index in [0.29, 0.717) is 12.1 Å². The zero-order chi connectivity index (χ0) is 12.8. The first-order valence-corrected chi connectivity index (χ1v) is 6.78. The molecule has 1 saturated heterocycles. The Balaban J connectivity index is 2.41. The highest BCUT2D eigenvalue weighted by molar-refractivity contribution is 4.84. The van der Waals surface area contributed by atoms with Crippen molar-refractivity contribution in [1.82, 2.24) is 15.1 Å². The molecule has 0 aromatic rings. The highest BCUT2D eigenvalue weighted by atomic mass is 16.3. The van der Waals surface area contributed by atoms with Gasteiger partial charge in [0, 0.05) is 31.2 Å². The Labute approximate surface area is 106 Å². The third-order valence-electron chi connectivity index (χ3n) is 3.32. The van der Waals surface area contributed by atoms with Gasteiger partial charge in [-0.3, -0.25) is 4.90 Å². The average Bonchev–Trinajstić information content (AvgIpc) is 2.63.